The Bertz CT molecular complexity index is 441. The number of rotatable bonds is 5. The van der Waals surface area contributed by atoms with Crippen molar-refractivity contribution in [1.29, 1.82) is 0 Å². The van der Waals surface area contributed by atoms with Gasteiger partial charge in [0.15, 0.2) is 0 Å². The van der Waals surface area contributed by atoms with Gasteiger partial charge in [-0.1, -0.05) is 26.0 Å². The Morgan fingerprint density at radius 2 is 1.81 bits per heavy atom. The molecule has 16 heavy (non-hydrogen) atoms. The van der Waals surface area contributed by atoms with Gasteiger partial charge in [-0.15, -0.1) is 0 Å². The first-order valence-corrected chi connectivity index (χ1v) is 6.57. The molecule has 5 nitrogen and oxygen atoms in total. The summed E-state index contributed by atoms with van der Waals surface area (Å²) in [6, 6.07) is 6.78. The molecule has 90 valence electrons. The molecule has 0 aliphatic rings. The molecule has 0 atom stereocenters. The van der Waals surface area contributed by atoms with E-state index in [4.69, 9.17) is 5.73 Å². The van der Waals surface area contributed by atoms with Gasteiger partial charge in [-0.2, -0.15) is 12.7 Å². The predicted molar refractivity (Wildman–Crippen MR) is 66.3 cm³/mol. The molecule has 1 rings (SSSR count). The number of para-hydroxylation sites is 2. The minimum atomic E-state index is -3.49. The van der Waals surface area contributed by atoms with Crippen LogP contribution in [0, 0.1) is 0 Å². The Labute approximate surface area is 96.4 Å². The Kier molecular flexibility index (Phi) is 4.14. The molecule has 0 heterocycles. The molecule has 0 unspecified atom stereocenters. The lowest BCUT2D eigenvalue weighted by Crippen LogP contribution is -2.35. The summed E-state index contributed by atoms with van der Waals surface area (Å²) >= 11 is 0. The van der Waals surface area contributed by atoms with Crippen molar-refractivity contribution in [2.75, 3.05) is 23.5 Å². The Morgan fingerprint density at radius 1 is 1.25 bits per heavy atom. The second kappa shape index (κ2) is 5.18. The maximum absolute atomic E-state index is 11.9. The second-order valence-corrected chi connectivity index (χ2v) is 4.95. The summed E-state index contributed by atoms with van der Waals surface area (Å²) in [5.41, 5.74) is 6.49. The highest BCUT2D eigenvalue weighted by Crippen LogP contribution is 2.19. The Balaban J connectivity index is 2.93. The lowest BCUT2D eigenvalue weighted by Gasteiger charge is -2.19. The van der Waals surface area contributed by atoms with E-state index in [0.29, 0.717) is 24.5 Å². The first-order chi connectivity index (χ1) is 7.51. The maximum atomic E-state index is 11.9. The highest BCUT2D eigenvalue weighted by atomic mass is 32.2. The van der Waals surface area contributed by atoms with Gasteiger partial charge in [0.2, 0.25) is 0 Å². The molecule has 0 amide bonds. The van der Waals surface area contributed by atoms with Crippen LogP contribution in [0.15, 0.2) is 24.3 Å². The quantitative estimate of drug-likeness (QED) is 0.765. The maximum Gasteiger partial charge on any atom is 0.301 e. The van der Waals surface area contributed by atoms with Gasteiger partial charge in [-0.05, 0) is 12.1 Å². The van der Waals surface area contributed by atoms with E-state index in [1.807, 2.05) is 0 Å². The summed E-state index contributed by atoms with van der Waals surface area (Å²) in [4.78, 5) is 0. The second-order valence-electron chi connectivity index (χ2n) is 3.28. The number of anilines is 2. The fourth-order valence-electron chi connectivity index (χ4n) is 1.36. The first kappa shape index (κ1) is 12.8. The van der Waals surface area contributed by atoms with Gasteiger partial charge in [0.05, 0.1) is 11.4 Å². The third-order valence-corrected chi connectivity index (χ3v) is 3.92. The molecule has 0 radical (unpaired) electrons. The molecule has 3 N–H and O–H groups in total. The van der Waals surface area contributed by atoms with Crippen LogP contribution in [-0.2, 0) is 10.2 Å². The summed E-state index contributed by atoms with van der Waals surface area (Å²) in [5, 5.41) is 0. The van der Waals surface area contributed by atoms with Gasteiger partial charge in [-0.3, -0.25) is 4.72 Å². The molecular formula is C10H17N3O2S. The average molecular weight is 243 g/mol. The summed E-state index contributed by atoms with van der Waals surface area (Å²) in [7, 11) is -3.49. The van der Waals surface area contributed by atoms with E-state index >= 15 is 0 Å². The Morgan fingerprint density at radius 3 is 2.31 bits per heavy atom. The van der Waals surface area contributed by atoms with E-state index in [9.17, 15) is 8.42 Å². The van der Waals surface area contributed by atoms with Crippen molar-refractivity contribution < 1.29 is 8.42 Å². The Hall–Kier alpha value is -1.27. The van der Waals surface area contributed by atoms with Crippen LogP contribution in [0.5, 0.6) is 0 Å². The van der Waals surface area contributed by atoms with Crippen LogP contribution < -0.4 is 10.5 Å². The molecule has 0 saturated heterocycles. The summed E-state index contributed by atoms with van der Waals surface area (Å²) in [6.45, 7) is 4.44. The van der Waals surface area contributed by atoms with Crippen LogP contribution in [0.1, 0.15) is 13.8 Å². The van der Waals surface area contributed by atoms with Crippen LogP contribution in [0.3, 0.4) is 0 Å². The molecule has 1 aromatic carbocycles. The van der Waals surface area contributed by atoms with E-state index < -0.39 is 10.2 Å². The molecule has 1 aromatic rings. The number of nitrogen functional groups attached to an aromatic ring is 1. The van der Waals surface area contributed by atoms with Gasteiger partial charge in [0, 0.05) is 13.1 Å². The summed E-state index contributed by atoms with van der Waals surface area (Å²) in [6.07, 6.45) is 0. The SMILES string of the molecule is CCN(CC)S(=O)(=O)Nc1ccccc1N. The van der Waals surface area contributed by atoms with Gasteiger partial charge >= 0.3 is 10.2 Å². The molecule has 0 fully saturated rings. The van der Waals surface area contributed by atoms with Crippen molar-refractivity contribution in [2.45, 2.75) is 13.8 Å². The largest absolute Gasteiger partial charge is 0.397 e. The molecule has 0 bridgehead atoms. The summed E-state index contributed by atoms with van der Waals surface area (Å²) in [5.74, 6) is 0. The highest BCUT2D eigenvalue weighted by molar-refractivity contribution is 7.90. The van der Waals surface area contributed by atoms with Gasteiger partial charge in [0.1, 0.15) is 0 Å². The van der Waals surface area contributed by atoms with E-state index in [-0.39, 0.29) is 0 Å². The summed E-state index contributed by atoms with van der Waals surface area (Å²) < 4.78 is 27.5. The molecule has 0 spiro atoms. The van der Waals surface area contributed by atoms with Crippen molar-refractivity contribution in [3.05, 3.63) is 24.3 Å². The molecular weight excluding hydrogens is 226 g/mol. The molecule has 0 aliphatic carbocycles. The van der Waals surface area contributed by atoms with Gasteiger partial charge in [-0.25, -0.2) is 0 Å². The lowest BCUT2D eigenvalue weighted by atomic mass is 10.3. The molecule has 0 aromatic heterocycles. The zero-order valence-electron chi connectivity index (χ0n) is 9.47. The first-order valence-electron chi connectivity index (χ1n) is 5.13. The number of hydrogen-bond donors (Lipinski definition) is 2. The smallest absolute Gasteiger partial charge is 0.301 e. The lowest BCUT2D eigenvalue weighted by molar-refractivity contribution is 0.449. The zero-order valence-corrected chi connectivity index (χ0v) is 10.3. The highest BCUT2D eigenvalue weighted by Gasteiger charge is 2.18. The predicted octanol–water partition coefficient (Wildman–Crippen LogP) is 1.27. The fourth-order valence-corrected chi connectivity index (χ4v) is 2.63. The standard InChI is InChI=1S/C10H17N3O2S/c1-3-13(4-2)16(14,15)12-10-8-6-5-7-9(10)11/h5-8,12H,3-4,11H2,1-2H3. The monoisotopic (exact) mass is 243 g/mol. The third-order valence-electron chi connectivity index (χ3n) is 2.25. The zero-order chi connectivity index (χ0) is 12.2. The van der Waals surface area contributed by atoms with E-state index in [2.05, 4.69) is 4.72 Å². The normalized spacial score (nSPS) is 11.7. The van der Waals surface area contributed by atoms with Crippen molar-refractivity contribution in [3.8, 4) is 0 Å². The van der Waals surface area contributed by atoms with Crippen molar-refractivity contribution in [2.24, 2.45) is 0 Å². The van der Waals surface area contributed by atoms with Crippen LogP contribution in [0.25, 0.3) is 0 Å². The van der Waals surface area contributed by atoms with Crippen LogP contribution in [0.4, 0.5) is 11.4 Å². The minimum Gasteiger partial charge on any atom is -0.397 e. The number of benzene rings is 1. The van der Waals surface area contributed by atoms with Crippen LogP contribution >= 0.6 is 0 Å². The number of hydrogen-bond acceptors (Lipinski definition) is 3. The molecule has 0 aliphatic heterocycles. The van der Waals surface area contributed by atoms with Gasteiger partial charge < -0.3 is 5.73 Å². The van der Waals surface area contributed by atoms with Crippen molar-refractivity contribution >= 4 is 21.6 Å². The van der Waals surface area contributed by atoms with E-state index in [0.717, 1.165) is 0 Å². The minimum absolute atomic E-state index is 0.411. The molecule has 6 heteroatoms. The molecule has 0 saturated carbocycles. The number of nitrogens with one attached hydrogen (secondary N) is 1. The van der Waals surface area contributed by atoms with Crippen molar-refractivity contribution in [1.82, 2.24) is 4.31 Å². The van der Waals surface area contributed by atoms with E-state index in [1.54, 1.807) is 38.1 Å². The topological polar surface area (TPSA) is 75.4 Å². The third kappa shape index (κ3) is 2.86. The fraction of sp³-hybridized carbons (Fsp3) is 0.400. The van der Waals surface area contributed by atoms with E-state index in [1.165, 1.54) is 4.31 Å². The van der Waals surface area contributed by atoms with Crippen molar-refractivity contribution in [3.63, 3.8) is 0 Å². The van der Waals surface area contributed by atoms with Crippen LogP contribution in [-0.4, -0.2) is 25.8 Å². The number of nitrogens with zero attached hydrogens (tertiary/aromatic N) is 1. The average Bonchev–Trinajstić information content (AvgIpc) is 2.22. The number of nitrogens with two attached hydrogens (primary N) is 1. The van der Waals surface area contributed by atoms with Gasteiger partial charge in [0.25, 0.3) is 0 Å². The van der Waals surface area contributed by atoms with Crippen LogP contribution in [0.2, 0.25) is 0 Å².